The van der Waals surface area contributed by atoms with Crippen LogP contribution in [0, 0.1) is 5.92 Å². The second-order valence-electron chi connectivity index (χ2n) is 14.3. The first-order valence-corrected chi connectivity index (χ1v) is 19.5. The summed E-state index contributed by atoms with van der Waals surface area (Å²) in [6.45, 7) is 5.84. The number of benzene rings is 2. The first kappa shape index (κ1) is 52.8. The van der Waals surface area contributed by atoms with Crippen LogP contribution >= 0.6 is 0 Å². The van der Waals surface area contributed by atoms with Gasteiger partial charge in [-0.2, -0.15) is 26.3 Å². The zero-order valence-electron chi connectivity index (χ0n) is 34.4. The number of halogens is 6. The van der Waals surface area contributed by atoms with Crippen LogP contribution in [0.4, 0.5) is 43.4 Å². The van der Waals surface area contributed by atoms with E-state index in [9.17, 15) is 50.3 Å². The highest BCUT2D eigenvalue weighted by molar-refractivity contribution is 6.18. The summed E-state index contributed by atoms with van der Waals surface area (Å²) >= 11 is 0. The lowest BCUT2D eigenvalue weighted by Crippen LogP contribution is -2.52. The highest BCUT2D eigenvalue weighted by atomic mass is 19.4. The van der Waals surface area contributed by atoms with Gasteiger partial charge >= 0.3 is 24.3 Å². The van der Waals surface area contributed by atoms with E-state index in [2.05, 4.69) is 31.2 Å². The van der Waals surface area contributed by atoms with E-state index in [0.29, 0.717) is 48.1 Å². The van der Waals surface area contributed by atoms with Crippen LogP contribution in [0.1, 0.15) is 69.2 Å². The summed E-state index contributed by atoms with van der Waals surface area (Å²) in [5.41, 5.74) is 13.0. The van der Waals surface area contributed by atoms with E-state index < -0.39 is 48.2 Å². The number of fused-ring (bicyclic) bond motifs is 2. The largest absolute Gasteiger partial charge is 0.490 e. The fourth-order valence-electron chi connectivity index (χ4n) is 6.22. The van der Waals surface area contributed by atoms with Crippen molar-refractivity contribution >= 4 is 64.5 Å². The number of nitrogens with zero attached hydrogens (tertiary/aromatic N) is 3. The molecule has 4 rings (SSSR count). The summed E-state index contributed by atoms with van der Waals surface area (Å²) in [5.74, 6) is -6.71. The van der Waals surface area contributed by atoms with E-state index in [1.807, 2.05) is 36.4 Å². The van der Waals surface area contributed by atoms with Gasteiger partial charge in [-0.15, -0.1) is 0 Å². The number of rotatable bonds is 15. The van der Waals surface area contributed by atoms with Crippen molar-refractivity contribution in [3.63, 3.8) is 0 Å². The number of carbonyl (C=O) groups excluding carboxylic acids is 5. The molecule has 348 valence electrons. The minimum atomic E-state index is -5.08. The van der Waals surface area contributed by atoms with Gasteiger partial charge in [0, 0.05) is 13.5 Å². The number of likely N-dealkylation sites (tertiary alicyclic amines) is 1. The van der Waals surface area contributed by atoms with Gasteiger partial charge in [0.2, 0.25) is 23.6 Å². The van der Waals surface area contributed by atoms with Gasteiger partial charge < -0.3 is 37.6 Å². The molecule has 10 N–H and O–H groups in total. The van der Waals surface area contributed by atoms with Gasteiger partial charge in [-0.25, -0.2) is 9.59 Å². The zero-order valence-corrected chi connectivity index (χ0v) is 34.4. The molecule has 18 nitrogen and oxygen atoms in total. The maximum Gasteiger partial charge on any atom is 0.490 e. The average Bonchev–Trinajstić information content (AvgIpc) is 3.32. The van der Waals surface area contributed by atoms with Crippen molar-refractivity contribution in [2.45, 2.75) is 83.2 Å². The van der Waals surface area contributed by atoms with E-state index >= 15 is 0 Å². The molecule has 0 radical (unpaired) electrons. The molecule has 0 spiro atoms. The Bertz CT molecular complexity index is 1910. The van der Waals surface area contributed by atoms with Crippen molar-refractivity contribution < 1.29 is 70.1 Å². The van der Waals surface area contributed by atoms with Gasteiger partial charge in [0.05, 0.1) is 35.2 Å². The Morgan fingerprint density at radius 2 is 1.41 bits per heavy atom. The lowest BCUT2D eigenvalue weighted by Gasteiger charge is -2.33. The maximum atomic E-state index is 13.8. The van der Waals surface area contributed by atoms with Crippen molar-refractivity contribution in [1.82, 2.24) is 20.9 Å². The first-order valence-electron chi connectivity index (χ1n) is 19.5. The third-order valence-corrected chi connectivity index (χ3v) is 9.34. The Balaban J connectivity index is 0.000000838. The number of piperidine rings is 1. The van der Waals surface area contributed by atoms with Gasteiger partial charge in [-0.05, 0) is 88.8 Å². The number of aliphatic imine (C=N–C) groups is 1. The van der Waals surface area contributed by atoms with E-state index in [0.717, 1.165) is 45.2 Å². The van der Waals surface area contributed by atoms with Crippen molar-refractivity contribution in [3.05, 3.63) is 54.1 Å². The van der Waals surface area contributed by atoms with Crippen LogP contribution < -0.4 is 37.6 Å². The Hall–Kier alpha value is -6.30. The van der Waals surface area contributed by atoms with Gasteiger partial charge in [0.25, 0.3) is 5.91 Å². The molecule has 0 aromatic heterocycles. The van der Waals surface area contributed by atoms with Crippen molar-refractivity contribution in [1.29, 1.82) is 0 Å². The Labute approximate surface area is 357 Å². The highest BCUT2D eigenvalue weighted by Crippen LogP contribution is 2.38. The molecule has 1 saturated heterocycles. The second kappa shape index (κ2) is 25.0. The number of imide groups is 1. The van der Waals surface area contributed by atoms with Crippen LogP contribution in [-0.4, -0.2) is 120 Å². The van der Waals surface area contributed by atoms with Crippen LogP contribution in [0.3, 0.4) is 0 Å². The Morgan fingerprint density at radius 1 is 0.857 bits per heavy atom. The SMILES string of the molecule is CC(=O)NC(=O)[C@H](CCCN=C(N)N)NC(=O)[C@H](C)NCCCCC1CCN(CC(=O)N2c3ccccc3NC(=O)c3ccccc32)CC1.O=C(O)C(F)(F)F.O=C(O)C(F)(F)F. The monoisotopic (exact) mass is 903 g/mol. The number of hydrogen-bond donors (Lipinski definition) is 8. The third-order valence-electron chi connectivity index (χ3n) is 9.34. The molecule has 5 amide bonds. The van der Waals surface area contributed by atoms with Gasteiger partial charge in [0.15, 0.2) is 5.96 Å². The number of guanidine groups is 1. The number of unbranched alkanes of at least 4 members (excludes halogenated alkanes) is 1. The fourth-order valence-corrected chi connectivity index (χ4v) is 6.22. The molecule has 2 aromatic carbocycles. The lowest BCUT2D eigenvalue weighted by molar-refractivity contribution is -0.193. The summed E-state index contributed by atoms with van der Waals surface area (Å²) in [6.07, 6.45) is -4.48. The number of nitrogens with two attached hydrogens (primary N) is 2. The van der Waals surface area contributed by atoms with E-state index in [4.69, 9.17) is 31.3 Å². The molecule has 2 aliphatic heterocycles. The number of hydrogen-bond acceptors (Lipinski definition) is 10. The number of carbonyl (C=O) groups is 7. The van der Waals surface area contributed by atoms with Crippen molar-refractivity contribution in [2.24, 2.45) is 22.4 Å². The molecule has 0 unspecified atom stereocenters. The number of para-hydroxylation sites is 3. The molecule has 2 aromatic rings. The predicted octanol–water partition coefficient (Wildman–Crippen LogP) is 3.25. The number of carboxylic acid groups (broad SMARTS) is 2. The normalized spacial score (nSPS) is 14.9. The minimum Gasteiger partial charge on any atom is -0.475 e. The number of nitrogens with one attached hydrogen (secondary N) is 4. The minimum absolute atomic E-state index is 0.0516. The van der Waals surface area contributed by atoms with Crippen LogP contribution in [-0.2, 0) is 28.8 Å². The molecule has 2 atom stereocenters. The molecule has 2 aliphatic rings. The zero-order chi connectivity index (χ0) is 47.5. The molecule has 0 aliphatic carbocycles. The third kappa shape index (κ3) is 18.7. The Morgan fingerprint density at radius 3 is 1.97 bits per heavy atom. The van der Waals surface area contributed by atoms with Crippen LogP contribution in [0.15, 0.2) is 53.5 Å². The van der Waals surface area contributed by atoms with E-state index in [1.165, 1.54) is 6.92 Å². The summed E-state index contributed by atoms with van der Waals surface area (Å²) in [7, 11) is 0. The van der Waals surface area contributed by atoms with Gasteiger partial charge in [-0.3, -0.25) is 44.1 Å². The summed E-state index contributed by atoms with van der Waals surface area (Å²) < 4.78 is 63.5. The molecule has 2 heterocycles. The molecular formula is C39H51F6N9O9. The highest BCUT2D eigenvalue weighted by Gasteiger charge is 2.39. The van der Waals surface area contributed by atoms with Crippen molar-refractivity contribution in [2.75, 3.05) is 42.9 Å². The molecule has 24 heteroatoms. The number of carboxylic acids is 2. The smallest absolute Gasteiger partial charge is 0.475 e. The topological polar surface area (TPSA) is 279 Å². The standard InChI is InChI=1S/C35H49N9O5.2C2HF3O2/c1-23(32(47)42-28(34(49)40-24(2)45)13-9-19-39-35(36)37)38-18-8-7-10-25-16-20-43(21-17-25)22-31(46)44-29-14-5-3-11-26(29)33(48)41-27-12-4-6-15-30(27)44;2*3-2(4,5)1(6)7/h3-6,11-12,14-15,23,25,28,38H,7-10,13,16-22H2,1-2H3,(H,41,48)(H,42,47)(H4,36,37,39)(H,40,45,49);2*(H,6,7)/t23-,28-;;/m0../s1. The predicted molar refractivity (Wildman–Crippen MR) is 217 cm³/mol. The van der Waals surface area contributed by atoms with Gasteiger partial charge in [0.1, 0.15) is 6.04 Å². The van der Waals surface area contributed by atoms with E-state index in [1.54, 1.807) is 24.0 Å². The summed E-state index contributed by atoms with van der Waals surface area (Å²) in [4.78, 5) is 88.8. The molecule has 0 saturated carbocycles. The molecular weight excluding hydrogens is 852 g/mol. The lowest BCUT2D eigenvalue weighted by atomic mass is 9.91. The van der Waals surface area contributed by atoms with E-state index in [-0.39, 0.29) is 36.6 Å². The molecule has 1 fully saturated rings. The fraction of sp³-hybridized carbons (Fsp3) is 0.487. The molecule has 63 heavy (non-hydrogen) atoms. The average molecular weight is 904 g/mol. The number of anilines is 3. The van der Waals surface area contributed by atoms with Crippen LogP contribution in [0.25, 0.3) is 0 Å². The Kier molecular flexibility index (Phi) is 20.9. The first-order chi connectivity index (χ1) is 29.4. The number of amides is 5. The summed E-state index contributed by atoms with van der Waals surface area (Å²) in [6, 6.07) is 13.2. The van der Waals surface area contributed by atoms with Crippen LogP contribution in [0.5, 0.6) is 0 Å². The quantitative estimate of drug-likeness (QED) is 0.0553. The van der Waals surface area contributed by atoms with Crippen LogP contribution in [0.2, 0.25) is 0 Å². The number of alkyl halides is 6. The second-order valence-corrected chi connectivity index (χ2v) is 14.3. The number of aliphatic carboxylic acids is 2. The molecule has 0 bridgehead atoms. The summed E-state index contributed by atoms with van der Waals surface area (Å²) in [5, 5.41) is 25.4. The van der Waals surface area contributed by atoms with Gasteiger partial charge in [-0.1, -0.05) is 37.1 Å². The van der Waals surface area contributed by atoms with Crippen molar-refractivity contribution in [3.8, 4) is 0 Å². The maximum absolute atomic E-state index is 13.8.